The Labute approximate surface area is 212 Å². The summed E-state index contributed by atoms with van der Waals surface area (Å²) in [6.45, 7) is 6.88. The van der Waals surface area contributed by atoms with Gasteiger partial charge in [0.25, 0.3) is 17.4 Å². The number of aromatic nitrogens is 2. The van der Waals surface area contributed by atoms with E-state index in [0.717, 1.165) is 5.56 Å². The number of carbonyl (C=O) groups is 2. The van der Waals surface area contributed by atoms with Crippen LogP contribution in [0.3, 0.4) is 0 Å². The molecule has 0 bridgehead atoms. The molecule has 1 atom stereocenters. The summed E-state index contributed by atoms with van der Waals surface area (Å²) in [4.78, 5) is 45.8. The number of fused-ring (bicyclic) bond motifs is 1. The van der Waals surface area contributed by atoms with Crippen molar-refractivity contribution >= 4 is 28.8 Å². The minimum Gasteiger partial charge on any atom is -0.505 e. The summed E-state index contributed by atoms with van der Waals surface area (Å²) < 4.78 is 7.08. The molecular formula is C26H27N5O6. The number of carbonyl (C=O) groups excluding carboxylic acids is 2. The van der Waals surface area contributed by atoms with Gasteiger partial charge in [0.2, 0.25) is 0 Å². The fourth-order valence-electron chi connectivity index (χ4n) is 5.07. The highest BCUT2D eigenvalue weighted by Crippen LogP contribution is 2.40. The fourth-order valence-corrected chi connectivity index (χ4v) is 5.07. The van der Waals surface area contributed by atoms with Gasteiger partial charge in [-0.3, -0.25) is 29.0 Å². The maximum atomic E-state index is 13.4. The van der Waals surface area contributed by atoms with Crippen LogP contribution in [0.25, 0.3) is 11.4 Å². The van der Waals surface area contributed by atoms with Gasteiger partial charge in [0, 0.05) is 44.5 Å². The Kier molecular flexibility index (Phi) is 6.48. The molecule has 2 aliphatic heterocycles. The van der Waals surface area contributed by atoms with Crippen molar-refractivity contribution in [1.82, 2.24) is 19.2 Å². The molecule has 0 spiro atoms. The highest BCUT2D eigenvalue weighted by atomic mass is 16.6. The van der Waals surface area contributed by atoms with Crippen LogP contribution in [0.5, 0.6) is 0 Å². The smallest absolute Gasteiger partial charge is 0.295 e. The van der Waals surface area contributed by atoms with Crippen LogP contribution in [0.15, 0.2) is 48.2 Å². The molecule has 0 radical (unpaired) electrons. The van der Waals surface area contributed by atoms with Gasteiger partial charge in [0.1, 0.15) is 11.3 Å². The number of benzene rings is 1. The van der Waals surface area contributed by atoms with Crippen LogP contribution >= 0.6 is 0 Å². The summed E-state index contributed by atoms with van der Waals surface area (Å²) >= 11 is 0. The molecule has 11 nitrogen and oxygen atoms in total. The highest BCUT2D eigenvalue weighted by Gasteiger charge is 2.47. The van der Waals surface area contributed by atoms with E-state index in [2.05, 4.69) is 9.88 Å². The van der Waals surface area contributed by atoms with E-state index in [9.17, 15) is 24.8 Å². The summed E-state index contributed by atoms with van der Waals surface area (Å²) in [7, 11) is 0. The molecular weight excluding hydrogens is 478 g/mol. The number of imidazole rings is 1. The number of ether oxygens (including phenoxy) is 1. The Morgan fingerprint density at radius 1 is 1.16 bits per heavy atom. The van der Waals surface area contributed by atoms with Crippen molar-refractivity contribution in [3.63, 3.8) is 0 Å². The predicted octanol–water partition coefficient (Wildman–Crippen LogP) is 2.61. The van der Waals surface area contributed by atoms with Gasteiger partial charge in [0.05, 0.1) is 35.4 Å². The van der Waals surface area contributed by atoms with Gasteiger partial charge >= 0.3 is 0 Å². The number of hydrogen-bond acceptors (Lipinski definition) is 8. The SMILES string of the molecule is Cc1nc2c(C)cccn2c1/C(O)=C1\C(=O)C(=O)N(CCN2CCOCC2)C1c1cccc([N+](=O)[O-])c1. The minimum atomic E-state index is -0.990. The first-order valence-corrected chi connectivity index (χ1v) is 12.1. The lowest BCUT2D eigenvalue weighted by Gasteiger charge is -2.31. The number of ketones is 1. The molecule has 0 aliphatic carbocycles. The van der Waals surface area contributed by atoms with Crippen LogP contribution in [-0.4, -0.2) is 80.3 Å². The molecule has 192 valence electrons. The molecule has 0 saturated carbocycles. The summed E-state index contributed by atoms with van der Waals surface area (Å²) in [6.07, 6.45) is 1.73. The average molecular weight is 506 g/mol. The molecule has 2 aromatic heterocycles. The first-order chi connectivity index (χ1) is 17.8. The first-order valence-electron chi connectivity index (χ1n) is 12.1. The van der Waals surface area contributed by atoms with Gasteiger partial charge in [-0.05, 0) is 31.0 Å². The fraction of sp³-hybridized carbons (Fsp3) is 0.346. The molecule has 1 aromatic carbocycles. The van der Waals surface area contributed by atoms with Crippen LogP contribution in [-0.2, 0) is 14.3 Å². The Hall–Kier alpha value is -4.09. The number of morpholine rings is 1. The number of nitro benzene ring substituents is 1. The van der Waals surface area contributed by atoms with E-state index in [4.69, 9.17) is 4.74 Å². The standard InChI is InChI=1S/C26H27N5O6/c1-16-5-4-8-29-21(17(2)27-25(16)29)23(32)20-22(18-6-3-7-19(15-18)31(35)36)30(26(34)24(20)33)10-9-28-11-13-37-14-12-28/h3-8,15,22,32H,9-14H2,1-2H3/b23-20+. The number of nitro groups is 1. The molecule has 4 heterocycles. The normalized spacial score (nSPS) is 20.2. The second-order valence-corrected chi connectivity index (χ2v) is 9.23. The number of likely N-dealkylation sites (tertiary alicyclic amines) is 1. The van der Waals surface area contributed by atoms with Crippen molar-refractivity contribution in [2.45, 2.75) is 19.9 Å². The van der Waals surface area contributed by atoms with Crippen molar-refractivity contribution in [2.24, 2.45) is 0 Å². The van der Waals surface area contributed by atoms with Crippen molar-refractivity contribution in [1.29, 1.82) is 0 Å². The zero-order chi connectivity index (χ0) is 26.3. The largest absolute Gasteiger partial charge is 0.505 e. The molecule has 1 N–H and O–H groups in total. The molecule has 3 aromatic rings. The molecule has 1 unspecified atom stereocenters. The molecule has 11 heteroatoms. The van der Waals surface area contributed by atoms with Gasteiger partial charge in [-0.25, -0.2) is 4.98 Å². The number of nitrogens with zero attached hydrogens (tertiary/aromatic N) is 5. The number of aryl methyl sites for hydroxylation is 2. The third kappa shape index (κ3) is 4.36. The number of aliphatic hydroxyl groups is 1. The van der Waals surface area contributed by atoms with E-state index in [-0.39, 0.29) is 23.6 Å². The van der Waals surface area contributed by atoms with Gasteiger partial charge in [-0.2, -0.15) is 0 Å². The zero-order valence-corrected chi connectivity index (χ0v) is 20.6. The number of Topliss-reactive ketones (excluding diaryl/α,β-unsaturated/α-hetero) is 1. The van der Waals surface area contributed by atoms with Crippen molar-refractivity contribution < 1.29 is 24.4 Å². The van der Waals surface area contributed by atoms with Gasteiger partial charge in [0.15, 0.2) is 5.76 Å². The van der Waals surface area contributed by atoms with Gasteiger partial charge in [-0.1, -0.05) is 18.2 Å². The van der Waals surface area contributed by atoms with Crippen LogP contribution < -0.4 is 0 Å². The molecule has 2 saturated heterocycles. The average Bonchev–Trinajstić information content (AvgIpc) is 3.37. The minimum absolute atomic E-state index is 0.112. The number of hydrogen-bond donors (Lipinski definition) is 1. The summed E-state index contributed by atoms with van der Waals surface area (Å²) in [5, 5.41) is 23.1. The lowest BCUT2D eigenvalue weighted by Crippen LogP contribution is -2.42. The van der Waals surface area contributed by atoms with Gasteiger partial charge < -0.3 is 14.7 Å². The number of amides is 1. The second-order valence-electron chi connectivity index (χ2n) is 9.23. The first kappa shape index (κ1) is 24.6. The van der Waals surface area contributed by atoms with E-state index >= 15 is 0 Å². The Bertz CT molecular complexity index is 1440. The summed E-state index contributed by atoms with van der Waals surface area (Å²) in [5.41, 5.74) is 2.39. The number of non-ortho nitro benzene ring substituents is 1. The Balaban J connectivity index is 1.65. The summed E-state index contributed by atoms with van der Waals surface area (Å²) in [5.74, 6) is -1.95. The quantitative estimate of drug-likeness (QED) is 0.178. The summed E-state index contributed by atoms with van der Waals surface area (Å²) in [6, 6.07) is 8.54. The molecule has 5 rings (SSSR count). The van der Waals surface area contributed by atoms with E-state index in [1.54, 1.807) is 29.7 Å². The third-order valence-corrected chi connectivity index (χ3v) is 6.94. The van der Waals surface area contributed by atoms with Crippen LogP contribution in [0.2, 0.25) is 0 Å². The van der Waals surface area contributed by atoms with Crippen molar-refractivity contribution in [3.8, 4) is 0 Å². The zero-order valence-electron chi connectivity index (χ0n) is 20.6. The molecule has 1 amide bonds. The van der Waals surface area contributed by atoms with Gasteiger partial charge in [-0.15, -0.1) is 0 Å². The topological polar surface area (TPSA) is 131 Å². The highest BCUT2D eigenvalue weighted by molar-refractivity contribution is 6.46. The van der Waals surface area contributed by atoms with E-state index in [1.807, 2.05) is 13.0 Å². The lowest BCUT2D eigenvalue weighted by atomic mass is 9.96. The van der Waals surface area contributed by atoms with E-state index < -0.39 is 22.7 Å². The van der Waals surface area contributed by atoms with E-state index in [1.165, 1.54) is 23.1 Å². The van der Waals surface area contributed by atoms with Crippen LogP contribution in [0.4, 0.5) is 5.69 Å². The molecule has 37 heavy (non-hydrogen) atoms. The molecule has 2 fully saturated rings. The number of pyridine rings is 1. The lowest BCUT2D eigenvalue weighted by molar-refractivity contribution is -0.384. The monoisotopic (exact) mass is 505 g/mol. The van der Waals surface area contributed by atoms with Crippen molar-refractivity contribution in [3.05, 3.63) is 80.8 Å². The Morgan fingerprint density at radius 2 is 1.92 bits per heavy atom. The number of aliphatic hydroxyl groups excluding tert-OH is 1. The Morgan fingerprint density at radius 3 is 2.65 bits per heavy atom. The van der Waals surface area contributed by atoms with Crippen molar-refractivity contribution in [2.75, 3.05) is 39.4 Å². The maximum absolute atomic E-state index is 13.4. The molecule has 2 aliphatic rings. The second kappa shape index (κ2) is 9.75. The van der Waals surface area contributed by atoms with E-state index in [0.29, 0.717) is 55.4 Å². The predicted molar refractivity (Wildman–Crippen MR) is 134 cm³/mol. The maximum Gasteiger partial charge on any atom is 0.295 e. The van der Waals surface area contributed by atoms with Crippen LogP contribution in [0.1, 0.15) is 28.6 Å². The third-order valence-electron chi connectivity index (χ3n) is 6.94. The van der Waals surface area contributed by atoms with Crippen LogP contribution in [0, 0.1) is 24.0 Å². The number of rotatable bonds is 6.